The van der Waals surface area contributed by atoms with Crippen molar-refractivity contribution in [3.05, 3.63) is 84.2 Å². The van der Waals surface area contributed by atoms with E-state index in [1.54, 1.807) is 14.2 Å². The van der Waals surface area contributed by atoms with Gasteiger partial charge < -0.3 is 14.8 Å². The van der Waals surface area contributed by atoms with Gasteiger partial charge in [0.1, 0.15) is 0 Å². The minimum Gasteiger partial charge on any atom is -0.493 e. The molecule has 4 rings (SSSR count). The molecule has 0 fully saturated rings. The molecule has 1 unspecified atom stereocenters. The molecule has 1 aliphatic rings. The van der Waals surface area contributed by atoms with Crippen LogP contribution in [0.5, 0.6) is 11.5 Å². The lowest BCUT2D eigenvalue weighted by Gasteiger charge is -2.24. The van der Waals surface area contributed by atoms with E-state index < -0.39 is 0 Å². The summed E-state index contributed by atoms with van der Waals surface area (Å²) in [7, 11) is 3.31. The molecule has 4 nitrogen and oxygen atoms in total. The Balaban J connectivity index is 1.50. The van der Waals surface area contributed by atoms with Crippen LogP contribution < -0.4 is 14.8 Å². The zero-order valence-electron chi connectivity index (χ0n) is 16.9. The highest BCUT2D eigenvalue weighted by atomic mass is 16.5. The van der Waals surface area contributed by atoms with Gasteiger partial charge in [0.15, 0.2) is 11.5 Å². The lowest BCUT2D eigenvalue weighted by atomic mass is 9.92. The number of methoxy groups -OCH3 is 2. The molecule has 3 aromatic rings. The van der Waals surface area contributed by atoms with Crippen molar-refractivity contribution >= 4 is 5.57 Å². The number of hydrogen-bond donors (Lipinski definition) is 1. The summed E-state index contributed by atoms with van der Waals surface area (Å²) in [6, 6.07) is 21.2. The molecule has 0 amide bonds. The Kier molecular flexibility index (Phi) is 5.92. The van der Waals surface area contributed by atoms with Gasteiger partial charge in [-0.1, -0.05) is 42.5 Å². The van der Waals surface area contributed by atoms with Gasteiger partial charge in [-0.3, -0.25) is 4.98 Å². The van der Waals surface area contributed by atoms with Crippen LogP contribution in [0, 0.1) is 0 Å². The molecule has 0 saturated carbocycles. The first kappa shape index (κ1) is 19.2. The summed E-state index contributed by atoms with van der Waals surface area (Å²) in [6.07, 6.45) is 6.08. The van der Waals surface area contributed by atoms with Crippen LogP contribution in [0.25, 0.3) is 16.7 Å². The van der Waals surface area contributed by atoms with Crippen molar-refractivity contribution in [3.8, 4) is 22.6 Å². The second-order valence-corrected chi connectivity index (χ2v) is 7.21. The fourth-order valence-electron chi connectivity index (χ4n) is 3.84. The summed E-state index contributed by atoms with van der Waals surface area (Å²) in [6.45, 7) is 0.893. The molecule has 1 atom stereocenters. The van der Waals surface area contributed by atoms with E-state index in [2.05, 4.69) is 58.8 Å². The first-order chi connectivity index (χ1) is 14.3. The largest absolute Gasteiger partial charge is 0.493 e. The Bertz CT molecular complexity index is 999. The van der Waals surface area contributed by atoms with Crippen LogP contribution in [0.15, 0.2) is 72.9 Å². The summed E-state index contributed by atoms with van der Waals surface area (Å²) in [5.74, 6) is 1.46. The highest BCUT2D eigenvalue weighted by Crippen LogP contribution is 2.32. The van der Waals surface area contributed by atoms with E-state index in [9.17, 15) is 0 Å². The third-order valence-electron chi connectivity index (χ3n) is 5.35. The quantitative estimate of drug-likeness (QED) is 0.664. The normalized spacial score (nSPS) is 16.2. The number of rotatable bonds is 6. The predicted molar refractivity (Wildman–Crippen MR) is 117 cm³/mol. The number of hydrogen-bond acceptors (Lipinski definition) is 4. The van der Waals surface area contributed by atoms with Gasteiger partial charge >= 0.3 is 0 Å². The maximum Gasteiger partial charge on any atom is 0.161 e. The molecule has 0 spiro atoms. The van der Waals surface area contributed by atoms with Gasteiger partial charge in [-0.25, -0.2) is 0 Å². The van der Waals surface area contributed by atoms with Gasteiger partial charge in [0.25, 0.3) is 0 Å². The Morgan fingerprint density at radius 2 is 1.69 bits per heavy atom. The van der Waals surface area contributed by atoms with Crippen molar-refractivity contribution in [2.24, 2.45) is 0 Å². The molecule has 1 aromatic heterocycles. The molecular weight excluding hydrogens is 360 g/mol. The van der Waals surface area contributed by atoms with Crippen LogP contribution in [-0.2, 0) is 6.42 Å². The number of aromatic nitrogens is 1. The third-order valence-corrected chi connectivity index (χ3v) is 5.35. The van der Waals surface area contributed by atoms with E-state index in [1.807, 2.05) is 24.4 Å². The molecule has 0 aliphatic carbocycles. The molecule has 148 valence electrons. The van der Waals surface area contributed by atoms with Crippen LogP contribution in [0.1, 0.15) is 17.7 Å². The SMILES string of the molecule is COc1ccc(-c2ccnc(CC3CC(c4ccccc4)=CCN3)c2)cc1OC. The van der Waals surface area contributed by atoms with E-state index in [1.165, 1.54) is 11.1 Å². The van der Waals surface area contributed by atoms with Gasteiger partial charge in [-0.2, -0.15) is 0 Å². The van der Waals surface area contributed by atoms with Crippen molar-refractivity contribution in [2.45, 2.75) is 18.9 Å². The lowest BCUT2D eigenvalue weighted by molar-refractivity contribution is 0.355. The van der Waals surface area contributed by atoms with Crippen LogP contribution in [0.2, 0.25) is 0 Å². The zero-order valence-corrected chi connectivity index (χ0v) is 16.9. The Morgan fingerprint density at radius 3 is 2.48 bits per heavy atom. The van der Waals surface area contributed by atoms with Crippen LogP contribution in [0.4, 0.5) is 0 Å². The van der Waals surface area contributed by atoms with E-state index in [0.717, 1.165) is 47.7 Å². The summed E-state index contributed by atoms with van der Waals surface area (Å²) in [4.78, 5) is 4.62. The second-order valence-electron chi connectivity index (χ2n) is 7.21. The van der Waals surface area contributed by atoms with Gasteiger partial charge in [0.05, 0.1) is 14.2 Å². The summed E-state index contributed by atoms with van der Waals surface area (Å²) in [5, 5.41) is 3.61. The smallest absolute Gasteiger partial charge is 0.161 e. The third kappa shape index (κ3) is 4.49. The number of benzene rings is 2. The van der Waals surface area contributed by atoms with Gasteiger partial charge in [-0.05, 0) is 52.9 Å². The lowest BCUT2D eigenvalue weighted by Crippen LogP contribution is -2.34. The minimum absolute atomic E-state index is 0.378. The predicted octanol–water partition coefficient (Wildman–Crippen LogP) is 4.75. The standard InChI is InChI=1S/C25H26N2O2/c1-28-24-9-8-19(16-25(24)29-2)21-11-13-27-23(15-21)17-22-14-20(10-12-26-22)18-6-4-3-5-7-18/h3-11,13,15-16,22,26H,12,14,17H2,1-2H3. The van der Waals surface area contributed by atoms with Crippen molar-refractivity contribution in [3.63, 3.8) is 0 Å². The van der Waals surface area contributed by atoms with Gasteiger partial charge in [0, 0.05) is 30.9 Å². The first-order valence-electron chi connectivity index (χ1n) is 9.92. The molecule has 2 aromatic carbocycles. The molecule has 1 N–H and O–H groups in total. The van der Waals surface area contributed by atoms with E-state index in [-0.39, 0.29) is 0 Å². The molecule has 29 heavy (non-hydrogen) atoms. The zero-order chi connectivity index (χ0) is 20.1. The highest BCUT2D eigenvalue weighted by Gasteiger charge is 2.17. The number of ether oxygens (including phenoxy) is 2. The maximum atomic E-state index is 5.45. The van der Waals surface area contributed by atoms with Gasteiger partial charge in [-0.15, -0.1) is 0 Å². The van der Waals surface area contributed by atoms with Crippen molar-refractivity contribution in [1.82, 2.24) is 10.3 Å². The second kappa shape index (κ2) is 8.93. The monoisotopic (exact) mass is 386 g/mol. The van der Waals surface area contributed by atoms with Crippen molar-refractivity contribution < 1.29 is 9.47 Å². The highest BCUT2D eigenvalue weighted by molar-refractivity contribution is 5.68. The molecule has 0 bridgehead atoms. The van der Waals surface area contributed by atoms with Crippen LogP contribution in [-0.4, -0.2) is 31.8 Å². The fourth-order valence-corrected chi connectivity index (χ4v) is 3.84. The van der Waals surface area contributed by atoms with Crippen molar-refractivity contribution in [1.29, 1.82) is 0 Å². The molecular formula is C25H26N2O2. The van der Waals surface area contributed by atoms with Crippen molar-refractivity contribution in [2.75, 3.05) is 20.8 Å². The molecule has 1 aliphatic heterocycles. The van der Waals surface area contributed by atoms with E-state index in [0.29, 0.717) is 6.04 Å². The molecule has 0 radical (unpaired) electrons. The Labute approximate surface area is 172 Å². The molecule has 2 heterocycles. The average molecular weight is 386 g/mol. The Morgan fingerprint density at radius 1 is 0.897 bits per heavy atom. The number of nitrogens with one attached hydrogen (secondary N) is 1. The minimum atomic E-state index is 0.378. The van der Waals surface area contributed by atoms with Crippen LogP contribution >= 0.6 is 0 Å². The Hall–Kier alpha value is -3.11. The first-order valence-corrected chi connectivity index (χ1v) is 9.92. The summed E-state index contributed by atoms with van der Waals surface area (Å²) >= 11 is 0. The summed E-state index contributed by atoms with van der Waals surface area (Å²) < 4.78 is 10.8. The maximum absolute atomic E-state index is 5.45. The fraction of sp³-hybridized carbons (Fsp3) is 0.240. The van der Waals surface area contributed by atoms with Gasteiger partial charge in [0.2, 0.25) is 0 Å². The summed E-state index contributed by atoms with van der Waals surface area (Å²) in [5.41, 5.74) is 6.03. The van der Waals surface area contributed by atoms with E-state index >= 15 is 0 Å². The van der Waals surface area contributed by atoms with Crippen LogP contribution in [0.3, 0.4) is 0 Å². The molecule has 4 heteroatoms. The average Bonchev–Trinajstić information content (AvgIpc) is 2.79. The topological polar surface area (TPSA) is 43.4 Å². The molecule has 0 saturated heterocycles. The number of pyridine rings is 1. The number of nitrogens with zero attached hydrogens (tertiary/aromatic N) is 1. The van der Waals surface area contributed by atoms with E-state index in [4.69, 9.17) is 9.47 Å².